The summed E-state index contributed by atoms with van der Waals surface area (Å²) < 4.78 is 0. The van der Waals surface area contributed by atoms with Crippen LogP contribution in [0.1, 0.15) is 6.42 Å². The molecule has 0 aromatic rings. The molecule has 0 amide bonds. The Morgan fingerprint density at radius 3 is 2.73 bits per heavy atom. The maximum atomic E-state index is 11.0. The number of thioether (sulfide) groups is 1. The molecule has 0 aromatic heterocycles. The zero-order valence-corrected chi connectivity index (χ0v) is 10.2. The van der Waals surface area contributed by atoms with E-state index in [0.717, 1.165) is 10.7 Å². The Bertz CT molecular complexity index is 240. The molecule has 15 heavy (non-hydrogen) atoms. The Morgan fingerprint density at radius 2 is 2.27 bits per heavy atom. The molecule has 1 fully saturated rings. The van der Waals surface area contributed by atoms with E-state index in [2.05, 4.69) is 10.6 Å². The Hall–Kier alpha value is -0.530. The Kier molecular flexibility index (Phi) is 5.13. The number of quaternary nitrogens is 1. The molecule has 0 saturated carbocycles. The van der Waals surface area contributed by atoms with Crippen LogP contribution in [0.2, 0.25) is 0 Å². The third-order valence-electron chi connectivity index (χ3n) is 2.34. The van der Waals surface area contributed by atoms with E-state index < -0.39 is 12.0 Å². The monoisotopic (exact) mass is 249 g/mol. The Morgan fingerprint density at radius 1 is 1.67 bits per heavy atom. The van der Waals surface area contributed by atoms with Crippen LogP contribution in [-0.4, -0.2) is 42.5 Å². The molecular formula is C8H15N3O2S2. The molecule has 1 aliphatic heterocycles. The van der Waals surface area contributed by atoms with Crippen LogP contribution in [0.4, 0.5) is 0 Å². The van der Waals surface area contributed by atoms with Crippen molar-refractivity contribution in [3.8, 4) is 0 Å². The first kappa shape index (κ1) is 12.5. The van der Waals surface area contributed by atoms with E-state index in [1.165, 1.54) is 0 Å². The molecule has 0 spiro atoms. The van der Waals surface area contributed by atoms with Gasteiger partial charge in [0.1, 0.15) is 6.04 Å². The summed E-state index contributed by atoms with van der Waals surface area (Å²) in [6.45, 7) is 1.08. The lowest BCUT2D eigenvalue weighted by Crippen LogP contribution is -3.21. The number of carboxylic acid groups (broad SMARTS) is 1. The van der Waals surface area contributed by atoms with Gasteiger partial charge in [-0.3, -0.25) is 4.90 Å². The third kappa shape index (κ3) is 3.84. The lowest BCUT2D eigenvalue weighted by Gasteiger charge is -2.33. The number of hydrogen-bond donors (Lipinski definition) is 3. The van der Waals surface area contributed by atoms with Crippen LogP contribution in [0.3, 0.4) is 0 Å². The van der Waals surface area contributed by atoms with Crippen molar-refractivity contribution in [2.24, 2.45) is 0 Å². The zero-order valence-electron chi connectivity index (χ0n) is 8.54. The van der Waals surface area contributed by atoms with Crippen molar-refractivity contribution in [3.05, 3.63) is 0 Å². The minimum Gasteiger partial charge on any atom is -0.544 e. The van der Waals surface area contributed by atoms with Gasteiger partial charge in [-0.15, -0.1) is 0 Å². The minimum atomic E-state index is -0.990. The van der Waals surface area contributed by atoms with Crippen molar-refractivity contribution < 1.29 is 14.8 Å². The molecule has 1 heterocycles. The van der Waals surface area contributed by atoms with Crippen molar-refractivity contribution in [1.82, 2.24) is 10.6 Å². The molecule has 1 saturated heterocycles. The van der Waals surface area contributed by atoms with E-state index in [0.29, 0.717) is 24.9 Å². The van der Waals surface area contributed by atoms with Crippen LogP contribution in [0.15, 0.2) is 0 Å². The van der Waals surface area contributed by atoms with Gasteiger partial charge in [-0.2, -0.15) is 11.8 Å². The molecule has 86 valence electrons. The average molecular weight is 249 g/mol. The summed E-state index contributed by atoms with van der Waals surface area (Å²) in [6.07, 6.45) is 2.58. The van der Waals surface area contributed by atoms with Gasteiger partial charge in [0.2, 0.25) is 0 Å². The van der Waals surface area contributed by atoms with E-state index >= 15 is 0 Å². The van der Waals surface area contributed by atoms with Gasteiger partial charge < -0.3 is 20.5 Å². The normalized spacial score (nSPS) is 19.1. The number of carbonyl (C=O) groups excluding carboxylic acids is 1. The first-order valence-electron chi connectivity index (χ1n) is 4.71. The van der Waals surface area contributed by atoms with Crippen LogP contribution in [-0.2, 0) is 4.79 Å². The summed E-state index contributed by atoms with van der Waals surface area (Å²) in [5, 5.41) is 17.4. The highest BCUT2D eigenvalue weighted by molar-refractivity contribution is 7.98. The molecule has 3 N–H and O–H groups in total. The molecule has 0 radical (unpaired) electrons. The largest absolute Gasteiger partial charge is 0.544 e. The SMILES string of the molecule is CSCC[C@H](C(=O)[O-])[NH+]1CNC(=S)NC1. The number of carbonyl (C=O) groups is 1. The smallest absolute Gasteiger partial charge is 0.174 e. The van der Waals surface area contributed by atoms with Crippen molar-refractivity contribution in [2.75, 3.05) is 25.3 Å². The first-order chi connectivity index (χ1) is 7.15. The maximum Gasteiger partial charge on any atom is 0.174 e. The number of aliphatic carboxylic acids is 1. The zero-order chi connectivity index (χ0) is 11.3. The van der Waals surface area contributed by atoms with Crippen LogP contribution >= 0.6 is 24.0 Å². The van der Waals surface area contributed by atoms with E-state index in [-0.39, 0.29) is 0 Å². The summed E-state index contributed by atoms with van der Waals surface area (Å²) in [5.41, 5.74) is 0. The standard InChI is InChI=1S/C8H15N3O2S2/c1-15-3-2-6(7(12)13)11-4-9-8(14)10-5-11/h6H,2-5H2,1H3,(H,12,13)(H2,9,10,14)/t6-/m1/s1. The van der Waals surface area contributed by atoms with Crippen molar-refractivity contribution in [1.29, 1.82) is 0 Å². The Labute approximate surface area is 98.6 Å². The highest BCUT2D eigenvalue weighted by Gasteiger charge is 2.25. The molecule has 0 aromatic carbocycles. The van der Waals surface area contributed by atoms with Gasteiger partial charge in [0, 0.05) is 6.42 Å². The molecule has 0 bridgehead atoms. The second kappa shape index (κ2) is 6.14. The van der Waals surface area contributed by atoms with Crippen LogP contribution in [0.5, 0.6) is 0 Å². The van der Waals surface area contributed by atoms with Gasteiger partial charge in [0.25, 0.3) is 0 Å². The molecule has 5 nitrogen and oxygen atoms in total. The summed E-state index contributed by atoms with van der Waals surface area (Å²) in [5.74, 6) is -0.164. The predicted octanol–water partition coefficient (Wildman–Crippen LogP) is -2.86. The van der Waals surface area contributed by atoms with Gasteiger partial charge in [-0.05, 0) is 24.2 Å². The number of hydrogen-bond acceptors (Lipinski definition) is 4. The average Bonchev–Trinajstić information content (AvgIpc) is 2.21. The van der Waals surface area contributed by atoms with Gasteiger partial charge in [-0.25, -0.2) is 0 Å². The van der Waals surface area contributed by atoms with E-state index in [1.54, 1.807) is 11.8 Å². The number of nitrogens with one attached hydrogen (secondary N) is 3. The number of rotatable bonds is 5. The van der Waals surface area contributed by atoms with E-state index in [1.807, 2.05) is 6.26 Å². The fourth-order valence-corrected chi connectivity index (χ4v) is 2.10. The third-order valence-corrected chi connectivity index (χ3v) is 3.27. The lowest BCUT2D eigenvalue weighted by molar-refractivity contribution is -0.924. The second-order valence-corrected chi connectivity index (χ2v) is 4.74. The van der Waals surface area contributed by atoms with Gasteiger partial charge in [0.05, 0.1) is 5.97 Å². The minimum absolute atomic E-state index is 0.472. The van der Waals surface area contributed by atoms with Crippen molar-refractivity contribution in [2.45, 2.75) is 12.5 Å². The molecule has 0 unspecified atom stereocenters. The van der Waals surface area contributed by atoms with E-state index in [9.17, 15) is 9.90 Å². The van der Waals surface area contributed by atoms with Crippen molar-refractivity contribution in [3.63, 3.8) is 0 Å². The molecule has 1 aliphatic rings. The number of thiocarbonyl (C=S) groups is 1. The lowest BCUT2D eigenvalue weighted by atomic mass is 10.2. The summed E-state index contributed by atoms with van der Waals surface area (Å²) in [7, 11) is 0. The predicted molar refractivity (Wildman–Crippen MR) is 61.4 cm³/mol. The van der Waals surface area contributed by atoms with Crippen LogP contribution < -0.4 is 20.6 Å². The van der Waals surface area contributed by atoms with Gasteiger partial charge >= 0.3 is 0 Å². The topological polar surface area (TPSA) is 68.6 Å². The summed E-state index contributed by atoms with van der Waals surface area (Å²) in [4.78, 5) is 11.9. The molecule has 7 heteroatoms. The fourth-order valence-electron chi connectivity index (χ4n) is 1.48. The molecule has 0 aliphatic carbocycles. The second-order valence-electron chi connectivity index (χ2n) is 3.35. The van der Waals surface area contributed by atoms with Crippen molar-refractivity contribution >= 4 is 35.1 Å². The van der Waals surface area contributed by atoms with Gasteiger partial charge in [-0.1, -0.05) is 0 Å². The molecule has 1 rings (SSSR count). The summed E-state index contributed by atoms with van der Waals surface area (Å²) >= 11 is 6.54. The van der Waals surface area contributed by atoms with E-state index in [4.69, 9.17) is 12.2 Å². The molecular weight excluding hydrogens is 234 g/mol. The van der Waals surface area contributed by atoms with Crippen LogP contribution in [0, 0.1) is 0 Å². The summed E-state index contributed by atoms with van der Waals surface area (Å²) in [6, 6.07) is -0.472. The quantitative estimate of drug-likeness (QED) is 0.455. The first-order valence-corrected chi connectivity index (χ1v) is 6.51. The highest BCUT2D eigenvalue weighted by atomic mass is 32.2. The maximum absolute atomic E-state index is 11.0. The van der Waals surface area contributed by atoms with Gasteiger partial charge in [0.15, 0.2) is 18.4 Å². The Balaban J connectivity index is 2.48. The molecule has 1 atom stereocenters. The van der Waals surface area contributed by atoms with Crippen LogP contribution in [0.25, 0.3) is 0 Å². The fraction of sp³-hybridized carbons (Fsp3) is 0.750. The highest BCUT2D eigenvalue weighted by Crippen LogP contribution is 1.97. The number of carboxylic acids is 1.